The first-order chi connectivity index (χ1) is 11.1. The van der Waals surface area contributed by atoms with Crippen LogP contribution in [0.25, 0.3) is 11.0 Å². The number of hydrogen-bond donors (Lipinski definition) is 0. The van der Waals surface area contributed by atoms with Crippen LogP contribution in [-0.4, -0.2) is 37.1 Å². The van der Waals surface area contributed by atoms with Crippen LogP contribution in [0.4, 0.5) is 19.4 Å². The number of aromatic nitrogens is 1. The van der Waals surface area contributed by atoms with Crippen molar-refractivity contribution in [2.75, 3.05) is 24.7 Å². The minimum atomic E-state index is -1.20. The Bertz CT molecular complexity index is 787. The van der Waals surface area contributed by atoms with Gasteiger partial charge in [-0.25, -0.2) is 9.18 Å². The predicted octanol–water partition coefficient (Wildman–Crippen LogP) is 2.50. The van der Waals surface area contributed by atoms with E-state index in [1.165, 1.54) is 11.0 Å². The van der Waals surface area contributed by atoms with Crippen molar-refractivity contribution in [3.05, 3.63) is 23.3 Å². The minimum Gasteiger partial charge on any atom is -0.444 e. The summed E-state index contributed by atoms with van der Waals surface area (Å²) >= 11 is 0. The Morgan fingerprint density at radius 3 is 2.65 bits per heavy atom. The zero-order chi connectivity index (χ0) is 16.1. The molecule has 0 spiro atoms. The highest BCUT2D eigenvalue weighted by Crippen LogP contribution is 2.36. The van der Waals surface area contributed by atoms with E-state index < -0.39 is 24.0 Å². The molecule has 2 aliphatic rings. The van der Waals surface area contributed by atoms with Crippen LogP contribution in [0.15, 0.2) is 10.6 Å². The number of hydrogen-bond acceptors (Lipinski definition) is 6. The van der Waals surface area contributed by atoms with E-state index in [9.17, 15) is 13.6 Å². The molecule has 23 heavy (non-hydrogen) atoms. The highest BCUT2D eigenvalue weighted by atomic mass is 19.2. The number of carbonyl (C=O) groups excluding carboxylic acids is 1. The maximum atomic E-state index is 14.2. The van der Waals surface area contributed by atoms with Gasteiger partial charge in [0.15, 0.2) is 17.9 Å². The Hall–Kier alpha value is -2.26. The van der Waals surface area contributed by atoms with Crippen LogP contribution in [0, 0.1) is 11.6 Å². The van der Waals surface area contributed by atoms with Crippen LogP contribution in [0.3, 0.4) is 0 Å². The van der Waals surface area contributed by atoms with Crippen molar-refractivity contribution in [1.29, 1.82) is 0 Å². The molecule has 0 radical (unpaired) electrons. The van der Waals surface area contributed by atoms with Crippen LogP contribution in [0.1, 0.15) is 18.8 Å². The molecule has 1 amide bonds. The average Bonchev–Trinajstić information content (AvgIpc) is 3.22. The number of ether oxygens (including phenoxy) is 3. The molecule has 2 aromatic rings. The summed E-state index contributed by atoms with van der Waals surface area (Å²) < 4.78 is 48.7. The second-order valence-electron chi connectivity index (χ2n) is 5.36. The molecule has 1 aromatic carbocycles. The van der Waals surface area contributed by atoms with E-state index in [0.29, 0.717) is 0 Å². The topological polar surface area (TPSA) is 74.0 Å². The third-order valence-electron chi connectivity index (χ3n) is 3.75. The summed E-state index contributed by atoms with van der Waals surface area (Å²) in [5, 5.41) is 3.85. The molecule has 122 valence electrons. The van der Waals surface area contributed by atoms with Crippen molar-refractivity contribution >= 4 is 22.9 Å². The van der Waals surface area contributed by atoms with Gasteiger partial charge in [-0.05, 0) is 13.0 Å². The average molecular weight is 326 g/mol. The van der Waals surface area contributed by atoms with Crippen molar-refractivity contribution in [3.8, 4) is 0 Å². The summed E-state index contributed by atoms with van der Waals surface area (Å²) in [5.74, 6) is -2.24. The molecule has 7 nitrogen and oxygen atoms in total. The van der Waals surface area contributed by atoms with Gasteiger partial charge in [0.1, 0.15) is 6.10 Å². The number of rotatable bonds is 2. The minimum absolute atomic E-state index is 0.0764. The second kappa shape index (κ2) is 5.14. The lowest BCUT2D eigenvalue weighted by atomic mass is 10.1. The van der Waals surface area contributed by atoms with E-state index >= 15 is 0 Å². The predicted molar refractivity (Wildman–Crippen MR) is 71.9 cm³/mol. The Balaban J connectivity index is 1.86. The van der Waals surface area contributed by atoms with Gasteiger partial charge in [-0.3, -0.25) is 4.90 Å². The number of anilines is 1. The molecule has 1 atom stereocenters. The van der Waals surface area contributed by atoms with Gasteiger partial charge in [0.2, 0.25) is 11.4 Å². The molecule has 9 heteroatoms. The van der Waals surface area contributed by atoms with Crippen LogP contribution in [-0.2, 0) is 14.2 Å². The van der Waals surface area contributed by atoms with Crippen LogP contribution >= 0.6 is 0 Å². The molecular formula is C14H12F2N2O5. The maximum Gasteiger partial charge on any atom is 0.416 e. The zero-order valence-electron chi connectivity index (χ0n) is 12.0. The summed E-state index contributed by atoms with van der Waals surface area (Å²) in [6.45, 7) is 2.53. The van der Waals surface area contributed by atoms with Crippen molar-refractivity contribution < 1.29 is 32.3 Å². The fourth-order valence-electron chi connectivity index (χ4n) is 2.70. The van der Waals surface area contributed by atoms with Gasteiger partial charge in [0.25, 0.3) is 0 Å². The lowest BCUT2D eigenvalue weighted by molar-refractivity contribution is -0.0467. The SMILES string of the molecule is CC1CN(c2noc3c(F)c(F)c(C4OCCO4)cc23)C(=O)O1. The van der Waals surface area contributed by atoms with Crippen molar-refractivity contribution in [2.24, 2.45) is 0 Å². The van der Waals surface area contributed by atoms with Crippen LogP contribution in [0.5, 0.6) is 0 Å². The lowest BCUT2D eigenvalue weighted by Crippen LogP contribution is -2.24. The van der Waals surface area contributed by atoms with Gasteiger partial charge in [0.05, 0.1) is 25.1 Å². The van der Waals surface area contributed by atoms with Crippen molar-refractivity contribution in [2.45, 2.75) is 19.3 Å². The van der Waals surface area contributed by atoms with E-state index in [-0.39, 0.29) is 48.2 Å². The molecule has 2 aliphatic heterocycles. The monoisotopic (exact) mass is 326 g/mol. The maximum absolute atomic E-state index is 14.2. The van der Waals surface area contributed by atoms with Gasteiger partial charge in [0, 0.05) is 5.56 Å². The molecule has 1 unspecified atom stereocenters. The van der Waals surface area contributed by atoms with Gasteiger partial charge < -0.3 is 18.7 Å². The highest BCUT2D eigenvalue weighted by Gasteiger charge is 2.35. The third kappa shape index (κ3) is 2.15. The fraction of sp³-hybridized carbons (Fsp3) is 0.429. The smallest absolute Gasteiger partial charge is 0.416 e. The van der Waals surface area contributed by atoms with E-state index in [1.807, 2.05) is 0 Å². The molecule has 2 fully saturated rings. The summed E-state index contributed by atoms with van der Waals surface area (Å²) in [6, 6.07) is 1.33. The van der Waals surface area contributed by atoms with E-state index in [0.717, 1.165) is 0 Å². The molecule has 1 aromatic heterocycles. The molecular weight excluding hydrogens is 314 g/mol. The van der Waals surface area contributed by atoms with Gasteiger partial charge in [-0.1, -0.05) is 5.16 Å². The standard InChI is InChI=1S/C14H12F2N2O5/c1-6-5-18(14(19)22-6)12-8-4-7(13-20-2-3-21-13)9(15)10(16)11(8)23-17-12/h4,6,13H,2-3,5H2,1H3. The normalized spacial score (nSPS) is 22.3. The molecule has 0 N–H and O–H groups in total. The van der Waals surface area contributed by atoms with Gasteiger partial charge >= 0.3 is 6.09 Å². The summed E-state index contributed by atoms with van der Waals surface area (Å²) in [6.07, 6.45) is -1.95. The Morgan fingerprint density at radius 1 is 1.26 bits per heavy atom. The fourth-order valence-corrected chi connectivity index (χ4v) is 2.70. The Kier molecular flexibility index (Phi) is 3.20. The number of fused-ring (bicyclic) bond motifs is 1. The number of benzene rings is 1. The summed E-state index contributed by atoms with van der Waals surface area (Å²) in [4.78, 5) is 13.0. The molecule has 0 bridgehead atoms. The van der Waals surface area contributed by atoms with Gasteiger partial charge in [-0.2, -0.15) is 4.39 Å². The van der Waals surface area contributed by atoms with E-state index in [4.69, 9.17) is 18.7 Å². The first kappa shape index (κ1) is 14.3. The third-order valence-corrected chi connectivity index (χ3v) is 3.75. The summed E-state index contributed by atoms with van der Waals surface area (Å²) in [7, 11) is 0. The Morgan fingerprint density at radius 2 is 2.00 bits per heavy atom. The van der Waals surface area contributed by atoms with Crippen molar-refractivity contribution in [3.63, 3.8) is 0 Å². The number of cyclic esters (lactones) is 1. The molecule has 3 heterocycles. The largest absolute Gasteiger partial charge is 0.444 e. The second-order valence-corrected chi connectivity index (χ2v) is 5.36. The molecule has 2 saturated heterocycles. The zero-order valence-corrected chi connectivity index (χ0v) is 12.0. The Labute approximate surface area is 128 Å². The van der Waals surface area contributed by atoms with Crippen molar-refractivity contribution in [1.82, 2.24) is 5.16 Å². The quantitative estimate of drug-likeness (QED) is 0.844. The van der Waals surface area contributed by atoms with Crippen LogP contribution in [0.2, 0.25) is 0 Å². The lowest BCUT2D eigenvalue weighted by Gasteiger charge is -2.12. The van der Waals surface area contributed by atoms with Crippen LogP contribution < -0.4 is 4.90 Å². The summed E-state index contributed by atoms with van der Waals surface area (Å²) in [5.41, 5.74) is -0.468. The number of halogens is 2. The van der Waals surface area contributed by atoms with Gasteiger partial charge in [-0.15, -0.1) is 0 Å². The number of amides is 1. The highest BCUT2D eigenvalue weighted by molar-refractivity contribution is 5.99. The first-order valence-electron chi connectivity index (χ1n) is 7.05. The molecule has 4 rings (SSSR count). The van der Waals surface area contributed by atoms with E-state index in [1.54, 1.807) is 6.92 Å². The first-order valence-corrected chi connectivity index (χ1v) is 7.05. The molecule has 0 aliphatic carbocycles. The van der Waals surface area contributed by atoms with E-state index in [2.05, 4.69) is 5.16 Å². The number of carbonyl (C=O) groups is 1. The number of nitrogens with zero attached hydrogens (tertiary/aromatic N) is 2. The molecule has 0 saturated carbocycles.